The number of rotatable bonds is 5. The van der Waals surface area contributed by atoms with Gasteiger partial charge in [0, 0.05) is 18.0 Å². The summed E-state index contributed by atoms with van der Waals surface area (Å²) in [6.07, 6.45) is 0.956. The number of hydrogen-bond donors (Lipinski definition) is 1. The van der Waals surface area contributed by atoms with E-state index in [9.17, 15) is 19.2 Å². The number of nitrogens with zero attached hydrogens (tertiary/aromatic N) is 1. The number of methoxy groups -OCH3 is 1. The minimum atomic E-state index is -0.593. The first-order chi connectivity index (χ1) is 13.5. The summed E-state index contributed by atoms with van der Waals surface area (Å²) in [5.74, 6) is -1.60. The number of hydrogen-bond acceptors (Lipinski definition) is 7. The average molecular weight is 406 g/mol. The van der Waals surface area contributed by atoms with Gasteiger partial charge in [0.2, 0.25) is 5.91 Å². The van der Waals surface area contributed by atoms with Crippen LogP contribution in [0.25, 0.3) is 0 Å². The fraction of sp³-hybridized carbons (Fsp3) is 0.474. The van der Waals surface area contributed by atoms with E-state index in [0.29, 0.717) is 25.9 Å². The van der Waals surface area contributed by atoms with E-state index in [1.165, 1.54) is 18.9 Å². The largest absolute Gasteiger partial charge is 0.469 e. The molecule has 150 valence electrons. The third kappa shape index (κ3) is 4.83. The predicted molar refractivity (Wildman–Crippen MR) is 102 cm³/mol. The van der Waals surface area contributed by atoms with E-state index in [0.717, 1.165) is 10.6 Å². The van der Waals surface area contributed by atoms with E-state index in [-0.39, 0.29) is 36.7 Å². The molecule has 2 aliphatic heterocycles. The van der Waals surface area contributed by atoms with E-state index in [1.54, 1.807) is 11.0 Å². The van der Waals surface area contributed by atoms with Gasteiger partial charge in [-0.1, -0.05) is 12.1 Å². The third-order valence-electron chi connectivity index (χ3n) is 4.80. The second-order valence-corrected chi connectivity index (χ2v) is 7.88. The Kier molecular flexibility index (Phi) is 6.56. The lowest BCUT2D eigenvalue weighted by Gasteiger charge is -2.30. The monoisotopic (exact) mass is 406 g/mol. The summed E-state index contributed by atoms with van der Waals surface area (Å²) in [6, 6.07) is 7.37. The quantitative estimate of drug-likeness (QED) is 0.738. The Morgan fingerprint density at radius 1 is 1.21 bits per heavy atom. The Labute approximate surface area is 166 Å². The molecular weight excluding hydrogens is 384 g/mol. The van der Waals surface area contributed by atoms with Crippen LogP contribution in [0.1, 0.15) is 19.3 Å². The Balaban J connectivity index is 1.43. The van der Waals surface area contributed by atoms with Crippen LogP contribution in [0.5, 0.6) is 0 Å². The minimum absolute atomic E-state index is 0.109. The van der Waals surface area contributed by atoms with Crippen LogP contribution in [0, 0.1) is 5.92 Å². The number of amides is 2. The summed E-state index contributed by atoms with van der Waals surface area (Å²) in [5, 5.41) is 2.18. The number of carbonyl (C=O) groups is 4. The molecule has 28 heavy (non-hydrogen) atoms. The number of nitrogens with one attached hydrogen (secondary N) is 1. The number of fused-ring (bicyclic) bond motifs is 1. The molecule has 1 N–H and O–H groups in total. The van der Waals surface area contributed by atoms with Crippen molar-refractivity contribution < 1.29 is 28.7 Å². The van der Waals surface area contributed by atoms with E-state index < -0.39 is 11.2 Å². The topological polar surface area (TPSA) is 102 Å². The molecule has 0 radical (unpaired) electrons. The molecule has 0 spiro atoms. The van der Waals surface area contributed by atoms with Gasteiger partial charge in [0.15, 0.2) is 6.61 Å². The highest BCUT2D eigenvalue weighted by atomic mass is 32.2. The van der Waals surface area contributed by atoms with Crippen molar-refractivity contribution in [2.45, 2.75) is 29.4 Å². The van der Waals surface area contributed by atoms with E-state index in [1.807, 2.05) is 18.2 Å². The number of ether oxygens (including phenoxy) is 2. The molecule has 0 saturated carbocycles. The van der Waals surface area contributed by atoms with Crippen LogP contribution in [-0.2, 0) is 28.7 Å². The standard InChI is InChI=1S/C19H22N2O6S/c1-26-19(25)12-6-8-21(9-7-12)16(22)11-27-17(23)10-15-18(24)20-13-4-2-3-5-14(13)28-15/h2-5,12,15H,6-11H2,1H3,(H,20,24)/t15-/m0/s1. The molecule has 2 heterocycles. The van der Waals surface area contributed by atoms with Crippen molar-refractivity contribution in [3.8, 4) is 0 Å². The number of piperidine rings is 1. The van der Waals surface area contributed by atoms with Crippen molar-refractivity contribution in [1.29, 1.82) is 0 Å². The van der Waals surface area contributed by atoms with Crippen molar-refractivity contribution in [3.63, 3.8) is 0 Å². The molecule has 1 atom stereocenters. The molecule has 0 unspecified atom stereocenters. The Hall–Kier alpha value is -2.55. The predicted octanol–water partition coefficient (Wildman–Crippen LogP) is 1.44. The fourth-order valence-corrected chi connectivity index (χ4v) is 4.30. The van der Waals surface area contributed by atoms with Crippen molar-refractivity contribution in [2.75, 3.05) is 32.1 Å². The first-order valence-electron chi connectivity index (χ1n) is 9.05. The van der Waals surface area contributed by atoms with Crippen molar-refractivity contribution in [1.82, 2.24) is 4.90 Å². The Bertz CT molecular complexity index is 775. The Morgan fingerprint density at radius 3 is 2.64 bits per heavy atom. The number of thioether (sulfide) groups is 1. The van der Waals surface area contributed by atoms with Crippen LogP contribution in [0.15, 0.2) is 29.2 Å². The van der Waals surface area contributed by atoms with Gasteiger partial charge in [-0.05, 0) is 25.0 Å². The van der Waals surface area contributed by atoms with Crippen LogP contribution >= 0.6 is 11.8 Å². The van der Waals surface area contributed by atoms with Crippen molar-refractivity contribution in [3.05, 3.63) is 24.3 Å². The second-order valence-electron chi connectivity index (χ2n) is 6.63. The van der Waals surface area contributed by atoms with Crippen LogP contribution in [-0.4, -0.2) is 60.7 Å². The molecule has 1 fully saturated rings. The van der Waals surface area contributed by atoms with Gasteiger partial charge in [-0.3, -0.25) is 19.2 Å². The molecule has 2 aliphatic rings. The van der Waals surface area contributed by atoms with Gasteiger partial charge < -0.3 is 19.7 Å². The van der Waals surface area contributed by atoms with E-state index >= 15 is 0 Å². The number of likely N-dealkylation sites (tertiary alicyclic amines) is 1. The summed E-state index contributed by atoms with van der Waals surface area (Å²) < 4.78 is 9.80. The van der Waals surface area contributed by atoms with Gasteiger partial charge in [0.1, 0.15) is 0 Å². The van der Waals surface area contributed by atoms with Gasteiger partial charge in [-0.15, -0.1) is 11.8 Å². The zero-order chi connectivity index (χ0) is 20.1. The molecule has 2 amide bonds. The Morgan fingerprint density at radius 2 is 1.93 bits per heavy atom. The number of benzene rings is 1. The second kappa shape index (κ2) is 9.09. The highest BCUT2D eigenvalue weighted by Gasteiger charge is 2.31. The highest BCUT2D eigenvalue weighted by Crippen LogP contribution is 2.36. The lowest BCUT2D eigenvalue weighted by molar-refractivity contribution is -0.154. The molecule has 3 rings (SSSR count). The third-order valence-corrected chi connectivity index (χ3v) is 6.07. The molecule has 9 heteroatoms. The van der Waals surface area contributed by atoms with Gasteiger partial charge >= 0.3 is 11.9 Å². The number of carbonyl (C=O) groups excluding carboxylic acids is 4. The maximum Gasteiger partial charge on any atom is 0.308 e. The lowest BCUT2D eigenvalue weighted by atomic mass is 9.97. The molecule has 1 aromatic rings. The average Bonchev–Trinajstić information content (AvgIpc) is 2.72. The summed E-state index contributed by atoms with van der Waals surface area (Å²) in [5.41, 5.74) is 0.729. The highest BCUT2D eigenvalue weighted by molar-refractivity contribution is 8.01. The van der Waals surface area contributed by atoms with Crippen LogP contribution < -0.4 is 5.32 Å². The smallest absolute Gasteiger partial charge is 0.308 e. The SMILES string of the molecule is COC(=O)C1CCN(C(=O)COC(=O)C[C@@H]2Sc3ccccc3NC2=O)CC1. The van der Waals surface area contributed by atoms with Gasteiger partial charge in [-0.25, -0.2) is 0 Å². The van der Waals surface area contributed by atoms with Crippen molar-refractivity contribution >= 4 is 41.2 Å². The van der Waals surface area contributed by atoms with Gasteiger partial charge in [0.25, 0.3) is 5.91 Å². The van der Waals surface area contributed by atoms with E-state index in [4.69, 9.17) is 9.47 Å². The normalized spacial score (nSPS) is 19.4. The van der Waals surface area contributed by atoms with Gasteiger partial charge in [0.05, 0.1) is 30.4 Å². The fourth-order valence-electron chi connectivity index (χ4n) is 3.20. The molecule has 0 bridgehead atoms. The lowest BCUT2D eigenvalue weighted by Crippen LogP contribution is -2.42. The molecule has 0 aromatic heterocycles. The zero-order valence-electron chi connectivity index (χ0n) is 15.5. The molecule has 0 aliphatic carbocycles. The first kappa shape index (κ1) is 20.2. The molecule has 1 saturated heterocycles. The summed E-state index contributed by atoms with van der Waals surface area (Å²) in [7, 11) is 1.35. The first-order valence-corrected chi connectivity index (χ1v) is 9.93. The summed E-state index contributed by atoms with van der Waals surface area (Å²) in [4.78, 5) is 50.4. The van der Waals surface area contributed by atoms with Crippen molar-refractivity contribution in [2.24, 2.45) is 5.92 Å². The number of esters is 2. The molecule has 8 nitrogen and oxygen atoms in total. The summed E-state index contributed by atoms with van der Waals surface area (Å²) in [6.45, 7) is 0.485. The zero-order valence-corrected chi connectivity index (χ0v) is 16.3. The van der Waals surface area contributed by atoms with Crippen LogP contribution in [0.2, 0.25) is 0 Å². The van der Waals surface area contributed by atoms with Crippen LogP contribution in [0.4, 0.5) is 5.69 Å². The summed E-state index contributed by atoms with van der Waals surface area (Å²) >= 11 is 1.31. The van der Waals surface area contributed by atoms with Gasteiger partial charge in [-0.2, -0.15) is 0 Å². The minimum Gasteiger partial charge on any atom is -0.469 e. The van der Waals surface area contributed by atoms with E-state index in [2.05, 4.69) is 5.32 Å². The molecule has 1 aromatic carbocycles. The maximum absolute atomic E-state index is 12.2. The maximum atomic E-state index is 12.2. The van der Waals surface area contributed by atoms with Crippen LogP contribution in [0.3, 0.4) is 0 Å². The number of para-hydroxylation sites is 1. The molecular formula is C19H22N2O6S. The number of anilines is 1.